The van der Waals surface area contributed by atoms with Crippen LogP contribution in [0.15, 0.2) is 0 Å². The van der Waals surface area contributed by atoms with Crippen molar-refractivity contribution in [3.8, 4) is 0 Å². The van der Waals surface area contributed by atoms with Crippen LogP contribution in [0.25, 0.3) is 0 Å². The molecule has 0 spiro atoms. The molecule has 17 heavy (non-hydrogen) atoms. The van der Waals surface area contributed by atoms with Crippen LogP contribution < -0.4 is 5.32 Å². The van der Waals surface area contributed by atoms with E-state index in [-0.39, 0.29) is 12.3 Å². The molecule has 0 aliphatic heterocycles. The number of aromatic nitrogens is 2. The molecule has 2 N–H and O–H groups in total. The molecule has 0 saturated heterocycles. The number of nitrogens with zero attached hydrogens (tertiary/aromatic N) is 3. The van der Waals surface area contributed by atoms with Gasteiger partial charge in [-0.1, -0.05) is 6.92 Å². The molecule has 0 saturated carbocycles. The molecule has 0 bridgehead atoms. The number of rotatable bonds is 5. The van der Waals surface area contributed by atoms with Crippen LogP contribution in [0.1, 0.15) is 26.5 Å². The zero-order chi connectivity index (χ0) is 13.2. The fourth-order valence-corrected chi connectivity index (χ4v) is 1.50. The first kappa shape index (κ1) is 13.4. The number of aryl methyl sites for hydroxylation is 2. The SMILES string of the molecule is CCc1nn(C)c(NC(C)(C)CO)c1[N+](=O)[O-]. The number of hydrogen-bond donors (Lipinski definition) is 2. The van der Waals surface area contributed by atoms with Gasteiger partial charge in [-0.2, -0.15) is 5.10 Å². The van der Waals surface area contributed by atoms with E-state index >= 15 is 0 Å². The number of nitrogens with one attached hydrogen (secondary N) is 1. The second kappa shape index (κ2) is 4.70. The Morgan fingerprint density at radius 2 is 2.18 bits per heavy atom. The number of aliphatic hydroxyl groups is 1. The van der Waals surface area contributed by atoms with Gasteiger partial charge >= 0.3 is 5.69 Å². The Morgan fingerprint density at radius 1 is 1.59 bits per heavy atom. The number of anilines is 1. The van der Waals surface area contributed by atoms with Crippen molar-refractivity contribution in [2.75, 3.05) is 11.9 Å². The van der Waals surface area contributed by atoms with Crippen LogP contribution in [0.3, 0.4) is 0 Å². The lowest BCUT2D eigenvalue weighted by Gasteiger charge is -2.24. The Morgan fingerprint density at radius 3 is 2.59 bits per heavy atom. The maximum Gasteiger partial charge on any atom is 0.333 e. The van der Waals surface area contributed by atoms with Crippen molar-refractivity contribution >= 4 is 11.5 Å². The third-order valence-electron chi connectivity index (χ3n) is 2.46. The smallest absolute Gasteiger partial charge is 0.333 e. The van der Waals surface area contributed by atoms with Gasteiger partial charge in [0.2, 0.25) is 5.82 Å². The highest BCUT2D eigenvalue weighted by Gasteiger charge is 2.29. The summed E-state index contributed by atoms with van der Waals surface area (Å²) in [7, 11) is 1.64. The summed E-state index contributed by atoms with van der Waals surface area (Å²) in [5, 5.41) is 27.3. The van der Waals surface area contributed by atoms with Crippen molar-refractivity contribution < 1.29 is 10.0 Å². The molecule has 1 aromatic rings. The predicted molar refractivity (Wildman–Crippen MR) is 64.0 cm³/mol. The minimum atomic E-state index is -0.635. The molecule has 0 aliphatic rings. The van der Waals surface area contributed by atoms with E-state index in [1.54, 1.807) is 20.9 Å². The van der Waals surface area contributed by atoms with Crippen molar-refractivity contribution in [1.82, 2.24) is 9.78 Å². The number of aliphatic hydroxyl groups excluding tert-OH is 1. The van der Waals surface area contributed by atoms with Crippen LogP contribution in [0, 0.1) is 10.1 Å². The second-order valence-electron chi connectivity index (χ2n) is 4.55. The van der Waals surface area contributed by atoms with Gasteiger partial charge in [0, 0.05) is 7.05 Å². The third-order valence-corrected chi connectivity index (χ3v) is 2.46. The van der Waals surface area contributed by atoms with Crippen LogP contribution >= 0.6 is 0 Å². The topological polar surface area (TPSA) is 93.2 Å². The van der Waals surface area contributed by atoms with E-state index in [0.717, 1.165) is 0 Å². The Labute approximate surface area is 99.6 Å². The molecule has 1 heterocycles. The average Bonchev–Trinajstić information content (AvgIpc) is 2.55. The van der Waals surface area contributed by atoms with Gasteiger partial charge in [0.15, 0.2) is 0 Å². The van der Waals surface area contributed by atoms with Gasteiger partial charge in [0.05, 0.1) is 17.1 Å². The first-order valence-electron chi connectivity index (χ1n) is 5.41. The van der Waals surface area contributed by atoms with Crippen LogP contribution in [0.5, 0.6) is 0 Å². The summed E-state index contributed by atoms with van der Waals surface area (Å²) in [6.45, 7) is 5.21. The highest BCUT2D eigenvalue weighted by atomic mass is 16.6. The van der Waals surface area contributed by atoms with Gasteiger partial charge in [0.1, 0.15) is 5.69 Å². The second-order valence-corrected chi connectivity index (χ2v) is 4.55. The van der Waals surface area contributed by atoms with Crippen LogP contribution in [0.2, 0.25) is 0 Å². The molecule has 0 atom stereocenters. The highest BCUT2D eigenvalue weighted by Crippen LogP contribution is 2.30. The summed E-state index contributed by atoms with van der Waals surface area (Å²) in [5.74, 6) is 0.325. The summed E-state index contributed by atoms with van der Waals surface area (Å²) in [4.78, 5) is 10.6. The van der Waals surface area contributed by atoms with Crippen LogP contribution in [0.4, 0.5) is 11.5 Å². The highest BCUT2D eigenvalue weighted by molar-refractivity contribution is 5.60. The van der Waals surface area contributed by atoms with Crippen molar-refractivity contribution in [3.63, 3.8) is 0 Å². The fourth-order valence-electron chi connectivity index (χ4n) is 1.50. The largest absolute Gasteiger partial charge is 0.394 e. The fraction of sp³-hybridized carbons (Fsp3) is 0.700. The Kier molecular flexibility index (Phi) is 3.72. The summed E-state index contributed by atoms with van der Waals surface area (Å²) in [5.41, 5.74) is -0.214. The molecule has 7 nitrogen and oxygen atoms in total. The van der Waals surface area contributed by atoms with Gasteiger partial charge in [-0.05, 0) is 20.3 Å². The Bertz CT molecular complexity index is 425. The van der Waals surface area contributed by atoms with E-state index in [9.17, 15) is 15.2 Å². The molecular formula is C10H18N4O3. The van der Waals surface area contributed by atoms with Crippen LogP contribution in [-0.4, -0.2) is 32.0 Å². The summed E-state index contributed by atoms with van der Waals surface area (Å²) >= 11 is 0. The van der Waals surface area contributed by atoms with E-state index < -0.39 is 10.5 Å². The minimum absolute atomic E-state index is 0.0171. The molecular weight excluding hydrogens is 224 g/mol. The van der Waals surface area contributed by atoms with Gasteiger partial charge in [-0.15, -0.1) is 0 Å². The summed E-state index contributed by atoms with van der Waals surface area (Å²) < 4.78 is 1.44. The number of hydrogen-bond acceptors (Lipinski definition) is 5. The average molecular weight is 242 g/mol. The lowest BCUT2D eigenvalue weighted by Crippen LogP contribution is -2.36. The van der Waals surface area contributed by atoms with Crippen LogP contribution in [-0.2, 0) is 13.5 Å². The minimum Gasteiger partial charge on any atom is -0.394 e. The quantitative estimate of drug-likeness (QED) is 0.595. The maximum absolute atomic E-state index is 11.0. The molecule has 96 valence electrons. The summed E-state index contributed by atoms with van der Waals surface area (Å²) in [6, 6.07) is 0. The standard InChI is InChI=1S/C10H18N4O3/c1-5-7-8(14(16)17)9(13(4)12-7)11-10(2,3)6-15/h11,15H,5-6H2,1-4H3. The lowest BCUT2D eigenvalue weighted by molar-refractivity contribution is -0.384. The van der Waals surface area contributed by atoms with Crippen molar-refractivity contribution in [2.24, 2.45) is 7.05 Å². The van der Waals surface area contributed by atoms with E-state index in [4.69, 9.17) is 0 Å². The first-order chi connectivity index (χ1) is 7.82. The van der Waals surface area contributed by atoms with E-state index in [0.29, 0.717) is 17.9 Å². The van der Waals surface area contributed by atoms with Crippen molar-refractivity contribution in [3.05, 3.63) is 15.8 Å². The zero-order valence-corrected chi connectivity index (χ0v) is 10.5. The Balaban J connectivity index is 3.23. The molecule has 7 heteroatoms. The molecule has 0 unspecified atom stereocenters. The molecule has 1 rings (SSSR count). The van der Waals surface area contributed by atoms with Gasteiger partial charge in [-0.25, -0.2) is 4.68 Å². The molecule has 0 aliphatic carbocycles. The lowest BCUT2D eigenvalue weighted by atomic mass is 10.1. The van der Waals surface area contributed by atoms with E-state index in [2.05, 4.69) is 10.4 Å². The summed E-state index contributed by atoms with van der Waals surface area (Å²) in [6.07, 6.45) is 0.491. The van der Waals surface area contributed by atoms with Crippen molar-refractivity contribution in [1.29, 1.82) is 0 Å². The van der Waals surface area contributed by atoms with E-state index in [1.165, 1.54) is 4.68 Å². The maximum atomic E-state index is 11.0. The normalized spacial score (nSPS) is 11.6. The predicted octanol–water partition coefficient (Wildman–Crippen LogP) is 1.07. The molecule has 0 aromatic carbocycles. The number of nitro groups is 1. The first-order valence-corrected chi connectivity index (χ1v) is 5.41. The van der Waals surface area contributed by atoms with Gasteiger partial charge in [-0.3, -0.25) is 10.1 Å². The molecule has 1 aromatic heterocycles. The zero-order valence-electron chi connectivity index (χ0n) is 10.5. The molecule has 0 fully saturated rings. The van der Waals surface area contributed by atoms with E-state index in [1.807, 2.05) is 6.92 Å². The van der Waals surface area contributed by atoms with Gasteiger partial charge in [0.25, 0.3) is 0 Å². The molecule has 0 radical (unpaired) electrons. The molecule has 0 amide bonds. The Hall–Kier alpha value is -1.63. The van der Waals surface area contributed by atoms with Crippen molar-refractivity contribution in [2.45, 2.75) is 32.7 Å². The third kappa shape index (κ3) is 2.73. The van der Waals surface area contributed by atoms with Gasteiger partial charge < -0.3 is 10.4 Å². The monoisotopic (exact) mass is 242 g/mol.